The second-order valence-corrected chi connectivity index (χ2v) is 7.03. The molecule has 0 aliphatic carbocycles. The van der Waals surface area contributed by atoms with Gasteiger partial charge in [-0.3, -0.25) is 14.3 Å². The smallest absolute Gasteiger partial charge is 0.330 e. The number of nitrogens with one attached hydrogen (secondary N) is 1. The number of H-pyrrole nitrogens is 1. The van der Waals surface area contributed by atoms with Gasteiger partial charge in [0, 0.05) is 39.1 Å². The van der Waals surface area contributed by atoms with Crippen LogP contribution >= 0.6 is 0 Å². The summed E-state index contributed by atoms with van der Waals surface area (Å²) in [6.45, 7) is 3.81. The van der Waals surface area contributed by atoms with Gasteiger partial charge in [0.25, 0.3) is 5.56 Å². The van der Waals surface area contributed by atoms with Crippen molar-refractivity contribution >= 4 is 11.5 Å². The van der Waals surface area contributed by atoms with Gasteiger partial charge in [0.05, 0.1) is 12.3 Å². The maximum Gasteiger partial charge on any atom is 0.330 e. The van der Waals surface area contributed by atoms with E-state index in [0.717, 1.165) is 24.1 Å². The summed E-state index contributed by atoms with van der Waals surface area (Å²) >= 11 is 0. The standard InChI is InChI=1S/C21H28N6O3/c1-3-4-11-26-19(22)18(20(28)24-21(26)29)25(13-14-30-2)15-16-6-8-17(9-7-16)27-12-5-10-23-27/h5-10,12H,3-4,11,13-15,22H2,1-2H3,(H,24,28,29). The average Bonchev–Trinajstić information content (AvgIpc) is 3.27. The van der Waals surface area contributed by atoms with Crippen LogP contribution in [0.3, 0.4) is 0 Å². The van der Waals surface area contributed by atoms with Crippen LogP contribution in [0.4, 0.5) is 11.5 Å². The largest absolute Gasteiger partial charge is 0.383 e. The van der Waals surface area contributed by atoms with Crippen molar-refractivity contribution in [3.63, 3.8) is 0 Å². The zero-order valence-corrected chi connectivity index (χ0v) is 17.4. The fraction of sp³-hybridized carbons (Fsp3) is 0.381. The molecule has 0 amide bonds. The third-order valence-corrected chi connectivity index (χ3v) is 4.91. The van der Waals surface area contributed by atoms with Crippen LogP contribution in [-0.4, -0.2) is 39.6 Å². The number of aromatic nitrogens is 4. The Morgan fingerprint density at radius 3 is 2.63 bits per heavy atom. The number of hydrogen-bond acceptors (Lipinski definition) is 6. The molecule has 2 aromatic heterocycles. The number of aromatic amines is 1. The molecule has 0 spiro atoms. The maximum atomic E-state index is 12.6. The molecule has 3 N–H and O–H groups in total. The molecule has 0 aliphatic rings. The van der Waals surface area contributed by atoms with Crippen LogP contribution in [0.1, 0.15) is 25.3 Å². The van der Waals surface area contributed by atoms with Crippen molar-refractivity contribution in [2.75, 3.05) is 30.9 Å². The first-order valence-corrected chi connectivity index (χ1v) is 10.0. The summed E-state index contributed by atoms with van der Waals surface area (Å²) in [5, 5.41) is 4.23. The van der Waals surface area contributed by atoms with Crippen molar-refractivity contribution < 1.29 is 4.74 Å². The molecule has 30 heavy (non-hydrogen) atoms. The predicted molar refractivity (Wildman–Crippen MR) is 117 cm³/mol. The number of rotatable bonds is 10. The lowest BCUT2D eigenvalue weighted by Crippen LogP contribution is -2.39. The molecule has 0 aliphatic heterocycles. The van der Waals surface area contributed by atoms with Crippen LogP contribution in [0.2, 0.25) is 0 Å². The van der Waals surface area contributed by atoms with E-state index in [9.17, 15) is 9.59 Å². The van der Waals surface area contributed by atoms with Gasteiger partial charge >= 0.3 is 5.69 Å². The number of methoxy groups -OCH3 is 1. The summed E-state index contributed by atoms with van der Waals surface area (Å²) in [5.74, 6) is 0.182. The van der Waals surface area contributed by atoms with E-state index < -0.39 is 11.2 Å². The molecular weight excluding hydrogens is 384 g/mol. The van der Waals surface area contributed by atoms with E-state index in [-0.39, 0.29) is 5.82 Å². The van der Waals surface area contributed by atoms with Gasteiger partial charge in [-0.1, -0.05) is 25.5 Å². The third-order valence-electron chi connectivity index (χ3n) is 4.91. The number of nitrogen functional groups attached to an aromatic ring is 1. The Bertz CT molecular complexity index is 1050. The summed E-state index contributed by atoms with van der Waals surface area (Å²) in [4.78, 5) is 29.1. The van der Waals surface area contributed by atoms with Crippen LogP contribution in [0.25, 0.3) is 5.69 Å². The summed E-state index contributed by atoms with van der Waals surface area (Å²) in [7, 11) is 1.60. The molecular formula is C21H28N6O3. The molecule has 160 valence electrons. The summed E-state index contributed by atoms with van der Waals surface area (Å²) in [6, 6.07) is 9.75. The zero-order chi connectivity index (χ0) is 21.5. The van der Waals surface area contributed by atoms with E-state index in [1.54, 1.807) is 18.0 Å². The average molecular weight is 412 g/mol. The summed E-state index contributed by atoms with van der Waals surface area (Å²) in [6.07, 6.45) is 5.31. The number of nitrogens with two attached hydrogens (primary N) is 1. The fourth-order valence-electron chi connectivity index (χ4n) is 3.29. The molecule has 0 bridgehead atoms. The first kappa shape index (κ1) is 21.4. The molecule has 9 heteroatoms. The molecule has 0 unspecified atom stereocenters. The minimum absolute atomic E-state index is 0.182. The number of benzene rings is 1. The highest BCUT2D eigenvalue weighted by atomic mass is 16.5. The van der Waals surface area contributed by atoms with Crippen LogP contribution in [0.5, 0.6) is 0 Å². The van der Waals surface area contributed by atoms with Crippen LogP contribution in [-0.2, 0) is 17.8 Å². The molecule has 1 aromatic carbocycles. The fourth-order valence-corrected chi connectivity index (χ4v) is 3.29. The van der Waals surface area contributed by atoms with E-state index in [1.165, 1.54) is 4.57 Å². The first-order valence-electron chi connectivity index (χ1n) is 10.0. The van der Waals surface area contributed by atoms with Gasteiger partial charge in [0.1, 0.15) is 11.5 Å². The van der Waals surface area contributed by atoms with Crippen molar-refractivity contribution in [3.8, 4) is 5.69 Å². The highest BCUT2D eigenvalue weighted by Gasteiger charge is 2.19. The minimum atomic E-state index is -0.491. The number of hydrogen-bond donors (Lipinski definition) is 2. The summed E-state index contributed by atoms with van der Waals surface area (Å²) < 4.78 is 8.43. The summed E-state index contributed by atoms with van der Waals surface area (Å²) in [5.41, 5.74) is 7.54. The Morgan fingerprint density at radius 2 is 2.00 bits per heavy atom. The second-order valence-electron chi connectivity index (χ2n) is 7.03. The lowest BCUT2D eigenvalue weighted by Gasteiger charge is -2.26. The molecule has 0 saturated heterocycles. The van der Waals surface area contributed by atoms with Gasteiger partial charge in [0.15, 0.2) is 0 Å². The van der Waals surface area contributed by atoms with Crippen molar-refractivity contribution in [2.24, 2.45) is 0 Å². The number of ether oxygens (including phenoxy) is 1. The van der Waals surface area contributed by atoms with Gasteiger partial charge < -0.3 is 15.4 Å². The maximum absolute atomic E-state index is 12.6. The first-order chi connectivity index (χ1) is 14.5. The molecule has 0 radical (unpaired) electrons. The lowest BCUT2D eigenvalue weighted by molar-refractivity contribution is 0.205. The molecule has 0 atom stereocenters. The van der Waals surface area contributed by atoms with Crippen LogP contribution < -0.4 is 21.9 Å². The highest BCUT2D eigenvalue weighted by Crippen LogP contribution is 2.20. The Morgan fingerprint density at radius 1 is 1.23 bits per heavy atom. The second kappa shape index (κ2) is 9.93. The Labute approximate surface area is 174 Å². The Hall–Kier alpha value is -3.33. The Balaban J connectivity index is 1.92. The molecule has 9 nitrogen and oxygen atoms in total. The van der Waals surface area contributed by atoms with Crippen molar-refractivity contribution in [2.45, 2.75) is 32.9 Å². The van der Waals surface area contributed by atoms with E-state index >= 15 is 0 Å². The van der Waals surface area contributed by atoms with Crippen molar-refractivity contribution in [3.05, 3.63) is 69.1 Å². The van der Waals surface area contributed by atoms with Crippen molar-refractivity contribution in [1.82, 2.24) is 19.3 Å². The topological polar surface area (TPSA) is 111 Å². The van der Waals surface area contributed by atoms with Gasteiger partial charge in [-0.2, -0.15) is 5.10 Å². The quantitative estimate of drug-likeness (QED) is 0.525. The highest BCUT2D eigenvalue weighted by molar-refractivity contribution is 5.62. The number of unbranched alkanes of at least 4 members (excludes halogenated alkanes) is 1. The molecule has 3 rings (SSSR count). The Kier molecular flexibility index (Phi) is 7.08. The molecule has 2 heterocycles. The van der Waals surface area contributed by atoms with Crippen molar-refractivity contribution in [1.29, 1.82) is 0 Å². The van der Waals surface area contributed by atoms with Gasteiger partial charge in [-0.15, -0.1) is 0 Å². The van der Waals surface area contributed by atoms with Crippen LogP contribution in [0.15, 0.2) is 52.3 Å². The lowest BCUT2D eigenvalue weighted by atomic mass is 10.2. The normalized spacial score (nSPS) is 11.0. The molecule has 0 saturated carbocycles. The number of nitrogens with zero attached hydrogens (tertiary/aromatic N) is 4. The molecule has 3 aromatic rings. The predicted octanol–water partition coefficient (Wildman–Crippen LogP) is 1.76. The molecule has 0 fully saturated rings. The van der Waals surface area contributed by atoms with E-state index in [2.05, 4.69) is 10.1 Å². The van der Waals surface area contributed by atoms with Gasteiger partial charge in [-0.05, 0) is 30.2 Å². The van der Waals surface area contributed by atoms with E-state index in [1.807, 2.05) is 48.4 Å². The van der Waals surface area contributed by atoms with E-state index in [4.69, 9.17) is 10.5 Å². The minimum Gasteiger partial charge on any atom is -0.383 e. The number of anilines is 2. The van der Waals surface area contributed by atoms with E-state index in [0.29, 0.717) is 31.9 Å². The third kappa shape index (κ3) is 4.80. The van der Waals surface area contributed by atoms with Crippen LogP contribution in [0, 0.1) is 0 Å². The van der Waals surface area contributed by atoms with Gasteiger partial charge in [0.2, 0.25) is 0 Å². The van der Waals surface area contributed by atoms with Gasteiger partial charge in [-0.25, -0.2) is 9.48 Å². The monoisotopic (exact) mass is 412 g/mol. The SMILES string of the molecule is CCCCn1c(N)c(N(CCOC)Cc2ccc(-n3cccn3)cc2)c(=O)[nH]c1=O. The zero-order valence-electron chi connectivity index (χ0n) is 17.4.